The molecular weight excluding hydrogens is 805 g/mol. The molecule has 11 nitrogen and oxygen atoms in total. The Morgan fingerprint density at radius 2 is 1.34 bits per heavy atom. The van der Waals surface area contributed by atoms with Gasteiger partial charge in [0.25, 0.3) is 0 Å². The van der Waals surface area contributed by atoms with Crippen LogP contribution in [0.5, 0.6) is 11.5 Å². The Hall–Kier alpha value is -3.17. The molecule has 3 aliphatic carbocycles. The summed E-state index contributed by atoms with van der Waals surface area (Å²) in [5, 5.41) is 26.1. The zero-order valence-corrected chi connectivity index (χ0v) is 39.9. The second kappa shape index (κ2) is 19.1. The molecular formula is C50H72O11Si. The quantitative estimate of drug-likeness (QED) is 0.0998. The zero-order valence-electron chi connectivity index (χ0n) is 38.9. The Labute approximate surface area is 370 Å². The number of hydrogen-bond acceptors (Lipinski definition) is 11. The molecule has 3 aliphatic rings. The van der Waals surface area contributed by atoms with E-state index in [1.807, 2.05) is 99.6 Å². The van der Waals surface area contributed by atoms with Crippen LogP contribution in [0, 0.1) is 22.7 Å². The minimum absolute atomic E-state index is 0.00105. The Morgan fingerprint density at radius 1 is 0.758 bits per heavy atom. The number of Topliss-reactive ketones (excluding diaryl/α,β-unsaturated/α-hetero) is 1. The topological polar surface area (TPSA) is 131 Å². The molecule has 12 heteroatoms. The van der Waals surface area contributed by atoms with E-state index >= 15 is 4.79 Å². The van der Waals surface area contributed by atoms with Crippen molar-refractivity contribution in [3.8, 4) is 11.5 Å². The lowest BCUT2D eigenvalue weighted by molar-refractivity contribution is -0.277. The van der Waals surface area contributed by atoms with Crippen LogP contribution in [0.2, 0.25) is 18.1 Å². The Kier molecular flexibility index (Phi) is 14.9. The van der Waals surface area contributed by atoms with E-state index < -0.39 is 66.6 Å². The smallest absolute Gasteiger partial charge is 0.192 e. The molecule has 3 aromatic carbocycles. The zero-order chi connectivity index (χ0) is 45.1. The fourth-order valence-corrected chi connectivity index (χ4v) is 11.5. The first-order valence-electron chi connectivity index (χ1n) is 22.1. The predicted octanol–water partition coefficient (Wildman–Crippen LogP) is 8.67. The minimum atomic E-state index is -2.61. The SMILES string of the molecule is COCO[C@H]1C(=O)[C@@]2(C)[C@H](C[C@H](O[Si](C)(C)C(C)(C)C)[C@]3(O)CC[C@H]1C3(C)C)[C@@](COCc1ccc(OC)cc1)(OCc1ccccc1)[C@H](OCc1ccc(OC)cc1)C[C@@H]2O. The van der Waals surface area contributed by atoms with Gasteiger partial charge in [-0.05, 0) is 85.3 Å². The van der Waals surface area contributed by atoms with Gasteiger partial charge in [-0.15, -0.1) is 0 Å². The molecule has 342 valence electrons. The summed E-state index contributed by atoms with van der Waals surface area (Å²) >= 11 is 0. The molecule has 0 heterocycles. The van der Waals surface area contributed by atoms with Crippen LogP contribution in [0.15, 0.2) is 78.9 Å². The first-order chi connectivity index (χ1) is 29.3. The normalized spacial score (nSPS) is 31.1. The van der Waals surface area contributed by atoms with E-state index in [1.165, 1.54) is 7.11 Å². The molecule has 2 N–H and O–H groups in total. The molecule has 3 fully saturated rings. The van der Waals surface area contributed by atoms with Crippen LogP contribution < -0.4 is 9.47 Å². The lowest BCUT2D eigenvalue weighted by Gasteiger charge is -2.59. The van der Waals surface area contributed by atoms with Gasteiger partial charge in [0.1, 0.15) is 30.0 Å². The van der Waals surface area contributed by atoms with Gasteiger partial charge in [-0.1, -0.05) is 89.2 Å². The van der Waals surface area contributed by atoms with E-state index in [2.05, 4.69) is 33.9 Å². The van der Waals surface area contributed by atoms with Crippen molar-refractivity contribution in [2.75, 3.05) is 34.7 Å². The lowest BCUT2D eigenvalue weighted by Crippen LogP contribution is -2.70. The summed E-state index contributed by atoms with van der Waals surface area (Å²) in [6.45, 7) is 17.4. The number of aliphatic hydroxyl groups excluding tert-OH is 1. The fraction of sp³-hybridized carbons (Fsp3) is 0.620. The van der Waals surface area contributed by atoms with E-state index in [9.17, 15) is 10.2 Å². The van der Waals surface area contributed by atoms with Crippen LogP contribution in [-0.4, -0.2) is 94.7 Å². The second-order valence-electron chi connectivity index (χ2n) is 20.1. The Balaban J connectivity index is 1.57. The third-order valence-electron chi connectivity index (χ3n) is 15.3. The number of carbonyl (C=O) groups excluding carboxylic acids is 1. The summed E-state index contributed by atoms with van der Waals surface area (Å²) in [4.78, 5) is 15.9. The highest BCUT2D eigenvalue weighted by Gasteiger charge is 2.71. The van der Waals surface area contributed by atoms with Crippen LogP contribution >= 0.6 is 0 Å². The average Bonchev–Trinajstić information content (AvgIpc) is 3.49. The van der Waals surface area contributed by atoms with Crippen LogP contribution in [0.25, 0.3) is 0 Å². The van der Waals surface area contributed by atoms with Crippen molar-refractivity contribution in [3.63, 3.8) is 0 Å². The molecule has 0 aromatic heterocycles. The molecule has 0 radical (unpaired) electrons. The van der Waals surface area contributed by atoms with Crippen LogP contribution in [0.4, 0.5) is 0 Å². The number of methoxy groups -OCH3 is 3. The molecule has 3 saturated carbocycles. The van der Waals surface area contributed by atoms with E-state index in [4.69, 9.17) is 37.6 Å². The van der Waals surface area contributed by atoms with Gasteiger partial charge in [0.2, 0.25) is 0 Å². The van der Waals surface area contributed by atoms with Crippen LogP contribution in [0.3, 0.4) is 0 Å². The molecule has 3 aromatic rings. The monoisotopic (exact) mass is 876 g/mol. The molecule has 0 amide bonds. The maximum atomic E-state index is 15.9. The maximum absolute atomic E-state index is 15.9. The van der Waals surface area contributed by atoms with Crippen molar-refractivity contribution < 1.29 is 52.6 Å². The van der Waals surface area contributed by atoms with Crippen molar-refractivity contribution in [2.45, 2.75) is 141 Å². The standard InChI is InChI=1S/C50H72O11Si/c1-46(2,3)62(10,11)61-43-27-40-48(6,45(52)44(59-33-54-7)39-25-26-50(43,53)47(39,4)5)41(51)28-42(58-30-36-19-23-38(56-9)24-20-36)49(40,60-31-34-15-13-12-14-16-34)32-57-29-35-17-21-37(55-8)22-18-35/h12-24,39-44,51,53H,25-33H2,1-11H3/t39-,40+,41+,42-,43+,44-,48+,49-,50-/m1/s1. The van der Waals surface area contributed by atoms with Crippen LogP contribution in [0.1, 0.15) is 83.9 Å². The van der Waals surface area contributed by atoms with Gasteiger partial charge in [-0.25, -0.2) is 0 Å². The fourth-order valence-electron chi connectivity index (χ4n) is 10.2. The molecule has 0 unspecified atom stereocenters. The lowest BCUT2D eigenvalue weighted by atomic mass is 9.53. The molecule has 2 bridgehead atoms. The van der Waals surface area contributed by atoms with Gasteiger partial charge in [-0.3, -0.25) is 4.79 Å². The molecule has 0 spiro atoms. The molecule has 0 saturated heterocycles. The predicted molar refractivity (Wildman–Crippen MR) is 240 cm³/mol. The van der Waals surface area contributed by atoms with E-state index in [1.54, 1.807) is 14.2 Å². The molecule has 9 atom stereocenters. The second-order valence-corrected chi connectivity index (χ2v) is 24.8. The number of rotatable bonds is 17. The molecule has 0 aliphatic heterocycles. The Morgan fingerprint density at radius 3 is 1.90 bits per heavy atom. The number of ketones is 1. The first-order valence-corrected chi connectivity index (χ1v) is 25.0. The van der Waals surface area contributed by atoms with Gasteiger partial charge < -0.3 is 47.8 Å². The highest BCUT2D eigenvalue weighted by molar-refractivity contribution is 6.74. The van der Waals surface area contributed by atoms with Crippen LogP contribution in [-0.2, 0) is 52.7 Å². The third kappa shape index (κ3) is 9.32. The molecule has 62 heavy (non-hydrogen) atoms. The van der Waals surface area contributed by atoms with Crippen molar-refractivity contribution in [2.24, 2.45) is 22.7 Å². The van der Waals surface area contributed by atoms with Crippen molar-refractivity contribution in [1.29, 1.82) is 0 Å². The average molecular weight is 877 g/mol. The van der Waals surface area contributed by atoms with Crippen molar-refractivity contribution in [3.05, 3.63) is 95.6 Å². The van der Waals surface area contributed by atoms with E-state index in [0.29, 0.717) is 12.8 Å². The Bertz CT molecular complexity index is 1920. The number of aliphatic hydroxyl groups is 2. The van der Waals surface area contributed by atoms with Gasteiger partial charge in [0, 0.05) is 30.8 Å². The minimum Gasteiger partial charge on any atom is -0.497 e. The summed E-state index contributed by atoms with van der Waals surface area (Å²) in [6.07, 6.45) is -2.54. The van der Waals surface area contributed by atoms with Gasteiger partial charge in [0.15, 0.2) is 14.1 Å². The van der Waals surface area contributed by atoms with Gasteiger partial charge in [-0.2, -0.15) is 0 Å². The largest absolute Gasteiger partial charge is 0.497 e. The first kappa shape index (κ1) is 48.3. The van der Waals surface area contributed by atoms with E-state index in [0.717, 1.165) is 28.2 Å². The number of fused-ring (bicyclic) bond motifs is 3. The number of carbonyl (C=O) groups is 1. The van der Waals surface area contributed by atoms with Gasteiger partial charge in [0.05, 0.1) is 70.0 Å². The van der Waals surface area contributed by atoms with Crippen molar-refractivity contribution in [1.82, 2.24) is 0 Å². The number of ether oxygens (including phenoxy) is 7. The summed E-state index contributed by atoms with van der Waals surface area (Å²) in [6, 6.07) is 25.3. The summed E-state index contributed by atoms with van der Waals surface area (Å²) in [5.41, 5.74) is -2.34. The molecule has 6 rings (SSSR count). The van der Waals surface area contributed by atoms with Gasteiger partial charge >= 0.3 is 0 Å². The highest BCUT2D eigenvalue weighted by Crippen LogP contribution is 2.62. The number of hydrogen-bond donors (Lipinski definition) is 2. The summed E-state index contributed by atoms with van der Waals surface area (Å²) < 4.78 is 51.5. The van der Waals surface area contributed by atoms with E-state index in [-0.39, 0.29) is 56.9 Å². The summed E-state index contributed by atoms with van der Waals surface area (Å²) in [5.74, 6) is -0.00778. The van der Waals surface area contributed by atoms with Crippen molar-refractivity contribution >= 4 is 14.1 Å². The maximum Gasteiger partial charge on any atom is 0.192 e. The highest BCUT2D eigenvalue weighted by atomic mass is 28.4. The number of benzene rings is 3. The summed E-state index contributed by atoms with van der Waals surface area (Å²) in [7, 11) is 2.19. The third-order valence-corrected chi connectivity index (χ3v) is 19.8.